The lowest BCUT2D eigenvalue weighted by atomic mass is 10.1. The van der Waals surface area contributed by atoms with Crippen LogP contribution in [0.2, 0.25) is 6.04 Å². The van der Waals surface area contributed by atoms with Gasteiger partial charge in [0.2, 0.25) is 0 Å². The molecule has 0 rings (SSSR count). The Labute approximate surface area is 140 Å². The highest BCUT2D eigenvalue weighted by atomic mass is 28.4. The van der Waals surface area contributed by atoms with Gasteiger partial charge in [0.05, 0.1) is 32.2 Å². The fourth-order valence-electron chi connectivity index (χ4n) is 3.08. The van der Waals surface area contributed by atoms with Gasteiger partial charge in [0.15, 0.2) is 0 Å². The van der Waals surface area contributed by atoms with Gasteiger partial charge in [-0.3, -0.25) is 0 Å². The van der Waals surface area contributed by atoms with Crippen molar-refractivity contribution in [2.24, 2.45) is 0 Å². The summed E-state index contributed by atoms with van der Waals surface area (Å²) >= 11 is 0. The topological polar surface area (TPSA) is 27.7 Å². The number of rotatable bonds is 15. The molecule has 5 heteroatoms. The van der Waals surface area contributed by atoms with Crippen molar-refractivity contribution in [3.05, 3.63) is 0 Å². The SMILES string of the molecule is CCCC[N+](CCCC)(CCCC)CC[Si](OC)(OC)OC. The fourth-order valence-corrected chi connectivity index (χ4v) is 4.94. The third-order valence-electron chi connectivity index (χ3n) is 4.78. The number of nitrogens with zero attached hydrogens (tertiary/aromatic N) is 1. The van der Waals surface area contributed by atoms with Crippen LogP contribution in [0.1, 0.15) is 59.3 Å². The van der Waals surface area contributed by atoms with E-state index < -0.39 is 8.80 Å². The van der Waals surface area contributed by atoms with Crippen LogP contribution in [-0.4, -0.2) is 60.8 Å². The van der Waals surface area contributed by atoms with Crippen molar-refractivity contribution in [1.29, 1.82) is 0 Å². The van der Waals surface area contributed by atoms with Gasteiger partial charge in [-0.1, -0.05) is 40.0 Å². The van der Waals surface area contributed by atoms with Crippen molar-refractivity contribution < 1.29 is 17.8 Å². The van der Waals surface area contributed by atoms with Crippen molar-refractivity contribution in [3.63, 3.8) is 0 Å². The second-order valence-electron chi connectivity index (χ2n) is 6.34. The van der Waals surface area contributed by atoms with Gasteiger partial charge >= 0.3 is 8.80 Å². The maximum Gasteiger partial charge on any atom is 0.505 e. The minimum atomic E-state index is -2.46. The molecule has 0 heterocycles. The Balaban J connectivity index is 4.97. The third-order valence-corrected chi connectivity index (χ3v) is 7.49. The largest absolute Gasteiger partial charge is 0.505 e. The van der Waals surface area contributed by atoms with Gasteiger partial charge in [-0.2, -0.15) is 0 Å². The zero-order valence-corrected chi connectivity index (χ0v) is 17.0. The number of hydrogen-bond acceptors (Lipinski definition) is 3. The molecule has 0 unspecified atom stereocenters. The average molecular weight is 335 g/mol. The lowest BCUT2D eigenvalue weighted by Gasteiger charge is -2.40. The van der Waals surface area contributed by atoms with E-state index in [2.05, 4.69) is 20.8 Å². The van der Waals surface area contributed by atoms with Gasteiger partial charge in [0, 0.05) is 21.3 Å². The molecule has 0 spiro atoms. The zero-order chi connectivity index (χ0) is 16.9. The molecule has 0 fully saturated rings. The molecule has 4 nitrogen and oxygen atoms in total. The molecule has 0 aliphatic carbocycles. The van der Waals surface area contributed by atoms with Crippen molar-refractivity contribution in [2.75, 3.05) is 47.5 Å². The summed E-state index contributed by atoms with van der Waals surface area (Å²) in [5, 5.41) is 0. The fraction of sp³-hybridized carbons (Fsp3) is 1.00. The Morgan fingerprint density at radius 3 is 1.27 bits per heavy atom. The van der Waals surface area contributed by atoms with Crippen LogP contribution in [0.15, 0.2) is 0 Å². The lowest BCUT2D eigenvalue weighted by molar-refractivity contribution is -0.927. The average Bonchev–Trinajstić information content (AvgIpc) is 2.57. The van der Waals surface area contributed by atoms with Gasteiger partial charge in [0.1, 0.15) is 0 Å². The number of hydrogen-bond donors (Lipinski definition) is 0. The first-order valence-corrected chi connectivity index (χ1v) is 11.0. The van der Waals surface area contributed by atoms with Crippen LogP contribution in [0, 0.1) is 0 Å². The Morgan fingerprint density at radius 2 is 1.00 bits per heavy atom. The van der Waals surface area contributed by atoms with Gasteiger partial charge in [-0.15, -0.1) is 0 Å². The summed E-state index contributed by atoms with van der Waals surface area (Å²) in [6.07, 6.45) is 7.69. The monoisotopic (exact) mass is 334 g/mol. The normalized spacial score (nSPS) is 12.8. The molecule has 0 aromatic carbocycles. The smallest absolute Gasteiger partial charge is 0.377 e. The Hall–Kier alpha value is 0.0569. The Kier molecular flexibility index (Phi) is 12.5. The summed E-state index contributed by atoms with van der Waals surface area (Å²) in [5.41, 5.74) is 0. The van der Waals surface area contributed by atoms with Gasteiger partial charge in [-0.05, 0) is 19.3 Å². The molecular weight excluding hydrogens is 294 g/mol. The molecule has 0 aliphatic heterocycles. The summed E-state index contributed by atoms with van der Waals surface area (Å²) in [6, 6.07) is 0.910. The highest BCUT2D eigenvalue weighted by Gasteiger charge is 2.41. The van der Waals surface area contributed by atoms with E-state index in [0.29, 0.717) is 0 Å². The van der Waals surface area contributed by atoms with E-state index in [9.17, 15) is 0 Å². The van der Waals surface area contributed by atoms with Crippen molar-refractivity contribution >= 4 is 8.80 Å². The summed E-state index contributed by atoms with van der Waals surface area (Å²) in [6.45, 7) is 11.8. The molecule has 0 saturated heterocycles. The van der Waals surface area contributed by atoms with Crippen molar-refractivity contribution in [2.45, 2.75) is 65.3 Å². The molecule has 0 bridgehead atoms. The highest BCUT2D eigenvalue weighted by Crippen LogP contribution is 2.21. The maximum absolute atomic E-state index is 5.63. The third kappa shape index (κ3) is 7.55. The zero-order valence-electron chi connectivity index (χ0n) is 16.0. The quantitative estimate of drug-likeness (QED) is 0.333. The standard InChI is InChI=1S/C17H40NO3Si/c1-7-10-13-18(14-11-8-2,15-12-9-3)16-17-22(19-4,20-5)21-6/h7-17H2,1-6H3/q+1. The predicted molar refractivity (Wildman–Crippen MR) is 96.0 cm³/mol. The van der Waals surface area contributed by atoms with Crippen molar-refractivity contribution in [3.8, 4) is 0 Å². The number of quaternary nitrogens is 1. The molecule has 134 valence electrons. The molecule has 0 radical (unpaired) electrons. The first kappa shape index (κ1) is 22.1. The molecule has 0 atom stereocenters. The molecule has 0 saturated carbocycles. The minimum Gasteiger partial charge on any atom is -0.377 e. The summed E-state index contributed by atoms with van der Waals surface area (Å²) in [7, 11) is 2.70. The van der Waals surface area contributed by atoms with Crippen LogP contribution in [0.3, 0.4) is 0 Å². The predicted octanol–water partition coefficient (Wildman–Crippen LogP) is 4.08. The summed E-state index contributed by atoms with van der Waals surface area (Å²) in [5.74, 6) is 0. The second kappa shape index (κ2) is 12.5. The molecule has 0 aromatic rings. The van der Waals surface area contributed by atoms with E-state index in [1.807, 2.05) is 0 Å². The van der Waals surface area contributed by atoms with Gasteiger partial charge in [-0.25, -0.2) is 0 Å². The van der Waals surface area contributed by atoms with Crippen LogP contribution < -0.4 is 0 Å². The van der Waals surface area contributed by atoms with E-state index in [4.69, 9.17) is 13.3 Å². The van der Waals surface area contributed by atoms with E-state index in [1.54, 1.807) is 21.3 Å². The molecule has 0 aromatic heterocycles. The molecule has 0 aliphatic rings. The minimum absolute atomic E-state index is 0.910. The first-order valence-electron chi connectivity index (χ1n) is 9.08. The summed E-state index contributed by atoms with van der Waals surface area (Å²) in [4.78, 5) is 0. The van der Waals surface area contributed by atoms with E-state index in [-0.39, 0.29) is 0 Å². The van der Waals surface area contributed by atoms with Crippen LogP contribution in [-0.2, 0) is 13.3 Å². The Morgan fingerprint density at radius 1 is 0.636 bits per heavy atom. The highest BCUT2D eigenvalue weighted by molar-refractivity contribution is 6.60. The molecular formula is C17H40NO3Si+. The Bertz CT molecular complexity index is 230. The van der Waals surface area contributed by atoms with Crippen LogP contribution in [0.4, 0.5) is 0 Å². The lowest BCUT2D eigenvalue weighted by Crippen LogP contribution is -2.54. The van der Waals surface area contributed by atoms with E-state index in [1.165, 1.54) is 62.6 Å². The molecule has 0 amide bonds. The molecule has 22 heavy (non-hydrogen) atoms. The van der Waals surface area contributed by atoms with Crippen LogP contribution in [0.25, 0.3) is 0 Å². The van der Waals surface area contributed by atoms with Crippen LogP contribution >= 0.6 is 0 Å². The van der Waals surface area contributed by atoms with Crippen LogP contribution in [0.5, 0.6) is 0 Å². The van der Waals surface area contributed by atoms with Gasteiger partial charge < -0.3 is 17.8 Å². The van der Waals surface area contributed by atoms with Crippen molar-refractivity contribution in [1.82, 2.24) is 0 Å². The number of unbranched alkanes of at least 4 members (excludes halogenated alkanes) is 3. The van der Waals surface area contributed by atoms with Gasteiger partial charge in [0.25, 0.3) is 0 Å². The maximum atomic E-state index is 5.63. The van der Waals surface area contributed by atoms with E-state index >= 15 is 0 Å². The summed E-state index contributed by atoms with van der Waals surface area (Å²) < 4.78 is 18.1. The molecule has 0 N–H and O–H groups in total. The van der Waals surface area contributed by atoms with E-state index in [0.717, 1.165) is 12.6 Å². The first-order chi connectivity index (χ1) is 10.6. The second-order valence-corrected chi connectivity index (χ2v) is 9.43.